The maximum atomic E-state index is 12.7. The molecule has 0 radical (unpaired) electrons. The minimum absolute atomic E-state index is 0.0339. The number of alkyl halides is 3. The zero-order valence-corrected chi connectivity index (χ0v) is 11.5. The average molecular weight is 308 g/mol. The first-order chi connectivity index (χ1) is 10.5. The van der Waals surface area contributed by atoms with Gasteiger partial charge in [-0.15, -0.1) is 0 Å². The van der Waals surface area contributed by atoms with E-state index in [-0.39, 0.29) is 5.78 Å². The lowest BCUT2D eigenvalue weighted by Crippen LogP contribution is -2.09. The number of ether oxygens (including phenoxy) is 1. The van der Waals surface area contributed by atoms with E-state index in [1.54, 1.807) is 18.2 Å². The summed E-state index contributed by atoms with van der Waals surface area (Å²) in [6.07, 6.45) is -1.79. The van der Waals surface area contributed by atoms with Gasteiger partial charge in [0.15, 0.2) is 0 Å². The summed E-state index contributed by atoms with van der Waals surface area (Å²) in [7, 11) is 0. The van der Waals surface area contributed by atoms with E-state index in [1.165, 1.54) is 16.8 Å². The molecule has 114 valence electrons. The maximum absolute atomic E-state index is 12.7. The van der Waals surface area contributed by atoms with Crippen molar-refractivity contribution in [2.75, 3.05) is 6.61 Å². The molecule has 22 heavy (non-hydrogen) atoms. The second-order valence-electron chi connectivity index (χ2n) is 4.42. The quantitative estimate of drug-likeness (QED) is 0.745. The standard InChI is InChI=1S/C14H11F3N4O/c1-2-22-12-5-3-4-9(19-12)10-8-18-13-20-11(14(15,16)17)6-7-21(10)13/h3-8H,2H2,1H3. The van der Waals surface area contributed by atoms with Crippen molar-refractivity contribution >= 4 is 5.78 Å². The van der Waals surface area contributed by atoms with Crippen LogP contribution in [0.2, 0.25) is 0 Å². The SMILES string of the molecule is CCOc1cccc(-c2cnc3nc(C(F)(F)F)ccn23)n1. The molecular weight excluding hydrogens is 297 g/mol. The van der Waals surface area contributed by atoms with Crippen molar-refractivity contribution in [1.82, 2.24) is 19.4 Å². The van der Waals surface area contributed by atoms with E-state index in [9.17, 15) is 13.2 Å². The predicted octanol–water partition coefficient (Wildman–Crippen LogP) is 3.21. The highest BCUT2D eigenvalue weighted by Crippen LogP contribution is 2.28. The highest BCUT2D eigenvalue weighted by Gasteiger charge is 2.33. The molecule has 0 unspecified atom stereocenters. The Hall–Kier alpha value is -2.64. The van der Waals surface area contributed by atoms with Gasteiger partial charge in [-0.1, -0.05) is 6.07 Å². The minimum atomic E-state index is -4.50. The number of rotatable bonds is 3. The van der Waals surface area contributed by atoms with Crippen LogP contribution in [0.25, 0.3) is 17.2 Å². The molecule has 0 aromatic carbocycles. The van der Waals surface area contributed by atoms with Crippen LogP contribution in [0.15, 0.2) is 36.7 Å². The van der Waals surface area contributed by atoms with Gasteiger partial charge < -0.3 is 4.74 Å². The Morgan fingerprint density at radius 3 is 2.73 bits per heavy atom. The van der Waals surface area contributed by atoms with Crippen molar-refractivity contribution in [1.29, 1.82) is 0 Å². The number of hydrogen-bond donors (Lipinski definition) is 0. The van der Waals surface area contributed by atoms with Crippen molar-refractivity contribution < 1.29 is 17.9 Å². The summed E-state index contributed by atoms with van der Waals surface area (Å²) < 4.78 is 44.7. The van der Waals surface area contributed by atoms with E-state index in [0.29, 0.717) is 23.9 Å². The third-order valence-electron chi connectivity index (χ3n) is 2.95. The summed E-state index contributed by atoms with van der Waals surface area (Å²) in [5.41, 5.74) is 0.103. The summed E-state index contributed by atoms with van der Waals surface area (Å²) in [5, 5.41) is 0. The molecule has 0 amide bonds. The second-order valence-corrected chi connectivity index (χ2v) is 4.42. The molecule has 3 heterocycles. The molecule has 0 saturated heterocycles. The normalized spacial score (nSPS) is 11.8. The summed E-state index contributed by atoms with van der Waals surface area (Å²) >= 11 is 0. The lowest BCUT2D eigenvalue weighted by Gasteiger charge is -2.07. The van der Waals surface area contributed by atoms with Crippen LogP contribution in [0.4, 0.5) is 13.2 Å². The van der Waals surface area contributed by atoms with Crippen LogP contribution < -0.4 is 4.74 Å². The number of fused-ring (bicyclic) bond motifs is 1. The Morgan fingerprint density at radius 2 is 2.00 bits per heavy atom. The number of imidazole rings is 1. The molecule has 0 bridgehead atoms. The molecule has 0 fully saturated rings. The average Bonchev–Trinajstić information content (AvgIpc) is 2.90. The van der Waals surface area contributed by atoms with Crippen LogP contribution in [-0.4, -0.2) is 26.0 Å². The molecule has 0 aliphatic heterocycles. The Labute approximate surface area is 123 Å². The number of hydrogen-bond acceptors (Lipinski definition) is 4. The fraction of sp³-hybridized carbons (Fsp3) is 0.214. The highest BCUT2D eigenvalue weighted by atomic mass is 19.4. The largest absolute Gasteiger partial charge is 0.478 e. The molecule has 0 atom stereocenters. The molecule has 0 N–H and O–H groups in total. The zero-order valence-electron chi connectivity index (χ0n) is 11.5. The highest BCUT2D eigenvalue weighted by molar-refractivity contribution is 5.58. The molecule has 3 aromatic rings. The van der Waals surface area contributed by atoms with Crippen molar-refractivity contribution in [3.8, 4) is 17.3 Å². The minimum Gasteiger partial charge on any atom is -0.478 e. The van der Waals surface area contributed by atoms with E-state index in [1.807, 2.05) is 6.92 Å². The van der Waals surface area contributed by atoms with Gasteiger partial charge in [0.25, 0.3) is 0 Å². The summed E-state index contributed by atoms with van der Waals surface area (Å²) in [6.45, 7) is 2.31. The number of pyridine rings is 1. The van der Waals surface area contributed by atoms with Gasteiger partial charge in [-0.05, 0) is 19.1 Å². The topological polar surface area (TPSA) is 52.3 Å². The van der Waals surface area contributed by atoms with Gasteiger partial charge in [-0.2, -0.15) is 13.2 Å². The smallest absolute Gasteiger partial charge is 0.433 e. The third-order valence-corrected chi connectivity index (χ3v) is 2.95. The van der Waals surface area contributed by atoms with Crippen molar-refractivity contribution in [3.05, 3.63) is 42.4 Å². The Bertz CT molecular complexity index is 813. The Morgan fingerprint density at radius 1 is 1.18 bits per heavy atom. The van der Waals surface area contributed by atoms with Gasteiger partial charge in [-0.3, -0.25) is 4.40 Å². The van der Waals surface area contributed by atoms with Gasteiger partial charge in [0.1, 0.15) is 5.69 Å². The van der Waals surface area contributed by atoms with Crippen LogP contribution in [-0.2, 0) is 6.18 Å². The molecule has 0 spiro atoms. The van der Waals surface area contributed by atoms with Crippen LogP contribution in [0.5, 0.6) is 5.88 Å². The monoisotopic (exact) mass is 308 g/mol. The van der Waals surface area contributed by atoms with E-state index in [4.69, 9.17) is 4.74 Å². The molecule has 3 rings (SSSR count). The van der Waals surface area contributed by atoms with Gasteiger partial charge in [0.2, 0.25) is 11.7 Å². The number of nitrogens with zero attached hydrogens (tertiary/aromatic N) is 4. The third kappa shape index (κ3) is 2.59. The second kappa shape index (κ2) is 5.28. The fourth-order valence-electron chi connectivity index (χ4n) is 2.00. The molecule has 0 aliphatic carbocycles. The van der Waals surface area contributed by atoms with Crippen LogP contribution in [0.1, 0.15) is 12.6 Å². The lowest BCUT2D eigenvalue weighted by atomic mass is 10.3. The number of aromatic nitrogens is 4. The molecule has 5 nitrogen and oxygen atoms in total. The Balaban J connectivity index is 2.07. The van der Waals surface area contributed by atoms with Gasteiger partial charge >= 0.3 is 6.18 Å². The van der Waals surface area contributed by atoms with Crippen LogP contribution in [0, 0.1) is 0 Å². The molecule has 8 heteroatoms. The molecule has 3 aromatic heterocycles. The zero-order chi connectivity index (χ0) is 15.7. The van der Waals surface area contributed by atoms with Crippen LogP contribution >= 0.6 is 0 Å². The Kier molecular flexibility index (Phi) is 3.44. The van der Waals surface area contributed by atoms with E-state index < -0.39 is 11.9 Å². The first-order valence-electron chi connectivity index (χ1n) is 6.50. The maximum Gasteiger partial charge on any atom is 0.433 e. The van der Waals surface area contributed by atoms with Gasteiger partial charge in [0.05, 0.1) is 24.2 Å². The van der Waals surface area contributed by atoms with Crippen molar-refractivity contribution in [3.63, 3.8) is 0 Å². The van der Waals surface area contributed by atoms with Crippen molar-refractivity contribution in [2.24, 2.45) is 0 Å². The fourth-order valence-corrected chi connectivity index (χ4v) is 2.00. The van der Waals surface area contributed by atoms with E-state index >= 15 is 0 Å². The number of halogens is 3. The van der Waals surface area contributed by atoms with Crippen molar-refractivity contribution in [2.45, 2.75) is 13.1 Å². The summed E-state index contributed by atoms with van der Waals surface area (Å²) in [6, 6.07) is 6.09. The van der Waals surface area contributed by atoms with E-state index in [0.717, 1.165) is 6.07 Å². The summed E-state index contributed by atoms with van der Waals surface area (Å²) in [4.78, 5) is 11.7. The first-order valence-corrected chi connectivity index (χ1v) is 6.50. The first kappa shape index (κ1) is 14.3. The molecule has 0 saturated carbocycles. The van der Waals surface area contributed by atoms with Crippen LogP contribution in [0.3, 0.4) is 0 Å². The summed E-state index contributed by atoms with van der Waals surface area (Å²) in [5.74, 6) is 0.406. The lowest BCUT2D eigenvalue weighted by molar-refractivity contribution is -0.141. The van der Waals surface area contributed by atoms with Gasteiger partial charge in [-0.25, -0.2) is 15.0 Å². The molecule has 0 aliphatic rings. The predicted molar refractivity (Wildman–Crippen MR) is 72.4 cm³/mol. The van der Waals surface area contributed by atoms with Gasteiger partial charge in [0, 0.05) is 12.3 Å². The van der Waals surface area contributed by atoms with E-state index in [2.05, 4.69) is 15.0 Å². The molecular formula is C14H11F3N4O.